The maximum atomic E-state index is 12.1. The Morgan fingerprint density at radius 2 is 1.86 bits per heavy atom. The summed E-state index contributed by atoms with van der Waals surface area (Å²) in [6, 6.07) is 8.32. The second-order valence-electron chi connectivity index (χ2n) is 6.11. The fraction of sp³-hybridized carbons (Fsp3) is 0.250. The van der Waals surface area contributed by atoms with E-state index in [9.17, 15) is 4.79 Å². The molecule has 3 rings (SSSR count). The van der Waals surface area contributed by atoms with Crippen molar-refractivity contribution in [2.45, 2.75) is 26.2 Å². The van der Waals surface area contributed by atoms with Gasteiger partial charge in [-0.1, -0.05) is 45.0 Å². The molecule has 4 nitrogen and oxygen atoms in total. The number of hydrogen-bond acceptors (Lipinski definition) is 4. The molecular weight excluding hydrogens is 282 g/mol. The first-order valence-corrected chi connectivity index (χ1v) is 7.62. The maximum absolute atomic E-state index is 12.1. The van der Waals surface area contributed by atoms with Gasteiger partial charge in [-0.25, -0.2) is 4.98 Å². The van der Waals surface area contributed by atoms with Gasteiger partial charge >= 0.3 is 0 Å². The van der Waals surface area contributed by atoms with Crippen molar-refractivity contribution in [3.05, 3.63) is 45.6 Å². The third-order valence-electron chi connectivity index (χ3n) is 3.52. The van der Waals surface area contributed by atoms with E-state index >= 15 is 0 Å². The van der Waals surface area contributed by atoms with Crippen molar-refractivity contribution >= 4 is 27.5 Å². The van der Waals surface area contributed by atoms with Crippen LogP contribution >= 0.6 is 11.3 Å². The number of nitrogen functional groups attached to an aromatic ring is 1. The molecular formula is C16H17N3OS. The number of benzene rings is 1. The summed E-state index contributed by atoms with van der Waals surface area (Å²) >= 11 is 1.44. The van der Waals surface area contributed by atoms with Crippen LogP contribution in [0.25, 0.3) is 21.3 Å². The number of aromatic amines is 1. The average molecular weight is 299 g/mol. The molecule has 0 atom stereocenters. The highest BCUT2D eigenvalue weighted by Gasteiger charge is 2.15. The fourth-order valence-electron chi connectivity index (χ4n) is 2.33. The molecule has 1 aromatic carbocycles. The zero-order valence-electron chi connectivity index (χ0n) is 12.2. The van der Waals surface area contributed by atoms with E-state index in [0.29, 0.717) is 10.2 Å². The summed E-state index contributed by atoms with van der Waals surface area (Å²) in [5, 5.41) is 2.57. The van der Waals surface area contributed by atoms with E-state index in [2.05, 4.69) is 55.0 Å². The molecule has 0 aliphatic carbocycles. The van der Waals surface area contributed by atoms with Crippen molar-refractivity contribution in [3.8, 4) is 11.1 Å². The van der Waals surface area contributed by atoms with Gasteiger partial charge in [-0.05, 0) is 16.5 Å². The summed E-state index contributed by atoms with van der Waals surface area (Å²) < 4.78 is 0. The highest BCUT2D eigenvalue weighted by Crippen LogP contribution is 2.32. The number of nitrogens with zero attached hydrogens (tertiary/aromatic N) is 1. The number of fused-ring (bicyclic) bond motifs is 1. The molecule has 0 saturated carbocycles. The molecule has 0 aliphatic heterocycles. The van der Waals surface area contributed by atoms with Gasteiger partial charge in [0.25, 0.3) is 5.56 Å². The third-order valence-corrected chi connectivity index (χ3v) is 4.40. The van der Waals surface area contributed by atoms with E-state index in [4.69, 9.17) is 5.73 Å². The molecule has 2 heterocycles. The SMILES string of the molecule is CC(C)(C)c1ccc(-c2csc3nc(N)[nH]c(=O)c23)cc1. The Morgan fingerprint density at radius 1 is 1.19 bits per heavy atom. The van der Waals surface area contributed by atoms with Gasteiger partial charge < -0.3 is 5.73 Å². The van der Waals surface area contributed by atoms with E-state index in [1.807, 2.05) is 5.38 Å². The van der Waals surface area contributed by atoms with Crippen molar-refractivity contribution in [2.75, 3.05) is 5.73 Å². The lowest BCUT2D eigenvalue weighted by Crippen LogP contribution is -2.11. The van der Waals surface area contributed by atoms with Gasteiger partial charge in [0.05, 0.1) is 5.39 Å². The number of anilines is 1. The molecule has 0 aliphatic rings. The van der Waals surface area contributed by atoms with Crippen molar-refractivity contribution in [1.82, 2.24) is 9.97 Å². The second kappa shape index (κ2) is 4.70. The predicted molar refractivity (Wildman–Crippen MR) is 88.8 cm³/mol. The molecule has 0 spiro atoms. The first-order chi connectivity index (χ1) is 9.86. The number of H-pyrrole nitrogens is 1. The molecule has 0 radical (unpaired) electrons. The Bertz CT molecular complexity index is 854. The number of rotatable bonds is 1. The van der Waals surface area contributed by atoms with Gasteiger partial charge in [0.15, 0.2) is 0 Å². The minimum absolute atomic E-state index is 0.114. The molecule has 0 saturated heterocycles. The number of thiophene rings is 1. The molecule has 3 N–H and O–H groups in total. The van der Waals surface area contributed by atoms with Crippen LogP contribution in [0.1, 0.15) is 26.3 Å². The first kappa shape index (κ1) is 13.8. The normalized spacial score (nSPS) is 12.0. The lowest BCUT2D eigenvalue weighted by molar-refractivity contribution is 0.590. The average Bonchev–Trinajstić information content (AvgIpc) is 2.81. The van der Waals surface area contributed by atoms with Crippen LogP contribution in [0.15, 0.2) is 34.4 Å². The highest BCUT2D eigenvalue weighted by molar-refractivity contribution is 7.17. The molecule has 0 amide bonds. The molecule has 5 heteroatoms. The van der Waals surface area contributed by atoms with Crippen LogP contribution in [0.3, 0.4) is 0 Å². The smallest absolute Gasteiger partial charge is 0.261 e. The molecule has 2 aromatic heterocycles. The Hall–Kier alpha value is -2.14. The van der Waals surface area contributed by atoms with E-state index in [0.717, 1.165) is 11.1 Å². The second-order valence-corrected chi connectivity index (χ2v) is 6.97. The Labute approximate surface area is 126 Å². The lowest BCUT2D eigenvalue weighted by atomic mass is 9.86. The van der Waals surface area contributed by atoms with Gasteiger partial charge in [-0.15, -0.1) is 11.3 Å². The standard InChI is InChI=1S/C16H17N3OS/c1-16(2,3)10-6-4-9(5-7-10)11-8-21-14-12(11)13(20)18-15(17)19-14/h4-8H,1-3H3,(H3,17,18,19,20). The summed E-state index contributed by atoms with van der Waals surface area (Å²) in [5.41, 5.74) is 8.70. The third kappa shape index (κ3) is 2.45. The minimum atomic E-state index is -0.186. The predicted octanol–water partition coefficient (Wildman–Crippen LogP) is 3.53. The summed E-state index contributed by atoms with van der Waals surface area (Å²) in [6.45, 7) is 6.54. The molecule has 0 unspecified atom stereocenters. The van der Waals surface area contributed by atoms with E-state index in [1.165, 1.54) is 16.9 Å². The molecule has 0 bridgehead atoms. The van der Waals surface area contributed by atoms with Crippen molar-refractivity contribution < 1.29 is 0 Å². The number of nitrogens with one attached hydrogen (secondary N) is 1. The number of aromatic nitrogens is 2. The van der Waals surface area contributed by atoms with E-state index in [1.54, 1.807) is 0 Å². The number of hydrogen-bond donors (Lipinski definition) is 2. The highest BCUT2D eigenvalue weighted by atomic mass is 32.1. The molecule has 3 aromatic rings. The van der Waals surface area contributed by atoms with Crippen LogP contribution in [0.2, 0.25) is 0 Å². The number of nitrogens with two attached hydrogens (primary N) is 1. The van der Waals surface area contributed by atoms with Crippen LogP contribution in [0.5, 0.6) is 0 Å². The van der Waals surface area contributed by atoms with E-state index < -0.39 is 0 Å². The summed E-state index contributed by atoms with van der Waals surface area (Å²) in [7, 11) is 0. The monoisotopic (exact) mass is 299 g/mol. The fourth-order valence-corrected chi connectivity index (χ4v) is 3.28. The summed E-state index contributed by atoms with van der Waals surface area (Å²) in [4.78, 5) is 19.5. The van der Waals surface area contributed by atoms with E-state index in [-0.39, 0.29) is 16.9 Å². The zero-order chi connectivity index (χ0) is 15.2. The van der Waals surface area contributed by atoms with Gasteiger partial charge in [-0.2, -0.15) is 0 Å². The zero-order valence-corrected chi connectivity index (χ0v) is 13.0. The van der Waals surface area contributed by atoms with Crippen LogP contribution in [-0.4, -0.2) is 9.97 Å². The lowest BCUT2D eigenvalue weighted by Gasteiger charge is -2.19. The van der Waals surface area contributed by atoms with Crippen LogP contribution < -0.4 is 11.3 Å². The molecule has 21 heavy (non-hydrogen) atoms. The van der Waals surface area contributed by atoms with Crippen LogP contribution in [-0.2, 0) is 5.41 Å². The van der Waals surface area contributed by atoms with Gasteiger partial charge in [-0.3, -0.25) is 9.78 Å². The first-order valence-electron chi connectivity index (χ1n) is 6.74. The summed E-state index contributed by atoms with van der Waals surface area (Å²) in [5.74, 6) is 0.156. The van der Waals surface area contributed by atoms with Gasteiger partial charge in [0, 0.05) is 10.9 Å². The van der Waals surface area contributed by atoms with Gasteiger partial charge in [0.1, 0.15) is 4.83 Å². The Morgan fingerprint density at radius 3 is 2.48 bits per heavy atom. The van der Waals surface area contributed by atoms with Crippen LogP contribution in [0.4, 0.5) is 5.95 Å². The maximum Gasteiger partial charge on any atom is 0.261 e. The quantitative estimate of drug-likeness (QED) is 0.722. The minimum Gasteiger partial charge on any atom is -0.369 e. The Balaban J connectivity index is 2.15. The topological polar surface area (TPSA) is 71.8 Å². The molecule has 0 fully saturated rings. The largest absolute Gasteiger partial charge is 0.369 e. The van der Waals surface area contributed by atoms with Gasteiger partial charge in [0.2, 0.25) is 5.95 Å². The van der Waals surface area contributed by atoms with Crippen molar-refractivity contribution in [1.29, 1.82) is 0 Å². The Kier molecular flexibility index (Phi) is 3.10. The van der Waals surface area contributed by atoms with Crippen LogP contribution in [0, 0.1) is 0 Å². The molecule has 108 valence electrons. The van der Waals surface area contributed by atoms with Crippen molar-refractivity contribution in [2.24, 2.45) is 0 Å². The van der Waals surface area contributed by atoms with Crippen molar-refractivity contribution in [3.63, 3.8) is 0 Å². The summed E-state index contributed by atoms with van der Waals surface area (Å²) in [6.07, 6.45) is 0.